The van der Waals surface area contributed by atoms with Gasteiger partial charge >= 0.3 is 0 Å². The fourth-order valence-corrected chi connectivity index (χ4v) is 1.57. The van der Waals surface area contributed by atoms with Crippen LogP contribution in [0.2, 0.25) is 0 Å². The number of allylic oxidation sites excluding steroid dienone is 5. The first-order valence-corrected chi connectivity index (χ1v) is 4.51. The monoisotopic (exact) mass is 159 g/mol. The summed E-state index contributed by atoms with van der Waals surface area (Å²) in [6.07, 6.45) is 15.2. The van der Waals surface area contributed by atoms with Gasteiger partial charge in [-0.05, 0) is 18.9 Å². The van der Waals surface area contributed by atoms with Crippen LogP contribution in [-0.2, 0) is 0 Å². The van der Waals surface area contributed by atoms with Crippen LogP contribution < -0.4 is 0 Å². The highest BCUT2D eigenvalue weighted by atomic mass is 14.7. The van der Waals surface area contributed by atoms with Crippen molar-refractivity contribution in [3.63, 3.8) is 0 Å². The van der Waals surface area contributed by atoms with Crippen molar-refractivity contribution in [2.45, 2.75) is 12.8 Å². The predicted molar refractivity (Wildman–Crippen MR) is 52.4 cm³/mol. The zero-order chi connectivity index (χ0) is 8.23. The van der Waals surface area contributed by atoms with E-state index in [4.69, 9.17) is 0 Å². The van der Waals surface area contributed by atoms with Gasteiger partial charge in [0.25, 0.3) is 0 Å². The summed E-state index contributed by atoms with van der Waals surface area (Å²) in [5, 5.41) is 0. The Kier molecular flexibility index (Phi) is 2.21. The molecule has 1 heteroatoms. The van der Waals surface area contributed by atoms with Crippen molar-refractivity contribution in [3.8, 4) is 0 Å². The van der Waals surface area contributed by atoms with Gasteiger partial charge in [-0.2, -0.15) is 0 Å². The topological polar surface area (TPSA) is 12.4 Å². The zero-order valence-corrected chi connectivity index (χ0v) is 7.11. The maximum Gasteiger partial charge on any atom is 0.0427 e. The first-order valence-electron chi connectivity index (χ1n) is 4.51. The molecule has 1 atom stereocenters. The largest absolute Gasteiger partial charge is 0.289 e. The first-order chi connectivity index (χ1) is 5.97. The Morgan fingerprint density at radius 3 is 2.92 bits per heavy atom. The minimum Gasteiger partial charge on any atom is -0.289 e. The molecule has 0 bridgehead atoms. The van der Waals surface area contributed by atoms with Gasteiger partial charge in [0, 0.05) is 18.2 Å². The summed E-state index contributed by atoms with van der Waals surface area (Å²) >= 11 is 0. The van der Waals surface area contributed by atoms with Crippen molar-refractivity contribution in [1.82, 2.24) is 0 Å². The van der Waals surface area contributed by atoms with Crippen LogP contribution in [0.1, 0.15) is 12.8 Å². The maximum atomic E-state index is 4.50. The molecule has 62 valence electrons. The molecule has 2 rings (SSSR count). The van der Waals surface area contributed by atoms with Crippen LogP contribution in [0.5, 0.6) is 0 Å². The van der Waals surface area contributed by atoms with E-state index in [0.717, 1.165) is 19.4 Å². The van der Waals surface area contributed by atoms with Gasteiger partial charge < -0.3 is 0 Å². The van der Waals surface area contributed by atoms with Crippen LogP contribution in [0.3, 0.4) is 0 Å². The Bertz CT molecular complexity index is 269. The van der Waals surface area contributed by atoms with Crippen molar-refractivity contribution in [3.05, 3.63) is 36.5 Å². The number of dihydropyridines is 1. The van der Waals surface area contributed by atoms with E-state index >= 15 is 0 Å². The summed E-state index contributed by atoms with van der Waals surface area (Å²) in [7, 11) is 0. The molecule has 1 nitrogen and oxygen atoms in total. The summed E-state index contributed by atoms with van der Waals surface area (Å²) < 4.78 is 0. The van der Waals surface area contributed by atoms with Crippen LogP contribution in [0.4, 0.5) is 0 Å². The van der Waals surface area contributed by atoms with E-state index in [0.29, 0.717) is 5.92 Å². The lowest BCUT2D eigenvalue weighted by Crippen LogP contribution is -2.13. The fourth-order valence-electron chi connectivity index (χ4n) is 1.57. The number of hydrogen-bond acceptors (Lipinski definition) is 1. The molecule has 1 aliphatic carbocycles. The molecule has 0 radical (unpaired) electrons. The smallest absolute Gasteiger partial charge is 0.0427 e. The highest BCUT2D eigenvalue weighted by Crippen LogP contribution is 2.16. The van der Waals surface area contributed by atoms with Crippen molar-refractivity contribution < 1.29 is 0 Å². The molecule has 2 aliphatic rings. The van der Waals surface area contributed by atoms with Crippen LogP contribution in [-0.4, -0.2) is 12.3 Å². The average molecular weight is 159 g/mol. The standard InChI is InChI=1S/C11H13N/c1-2-6-10(7-3-1)11-8-4-5-9-12-11/h1-4,6,8,10H,5,7,9H2. The highest BCUT2D eigenvalue weighted by Gasteiger charge is 2.11. The van der Waals surface area contributed by atoms with E-state index in [9.17, 15) is 0 Å². The third-order valence-corrected chi connectivity index (χ3v) is 2.24. The molecule has 0 aromatic heterocycles. The third-order valence-electron chi connectivity index (χ3n) is 2.24. The lowest BCUT2D eigenvalue weighted by atomic mass is 9.94. The van der Waals surface area contributed by atoms with Crippen LogP contribution >= 0.6 is 0 Å². The molecule has 0 saturated heterocycles. The van der Waals surface area contributed by atoms with Gasteiger partial charge in [0.05, 0.1) is 0 Å². The number of nitrogens with zero attached hydrogens (tertiary/aromatic N) is 1. The summed E-state index contributed by atoms with van der Waals surface area (Å²) in [4.78, 5) is 4.50. The van der Waals surface area contributed by atoms with Gasteiger partial charge in [-0.15, -0.1) is 0 Å². The van der Waals surface area contributed by atoms with Crippen molar-refractivity contribution in [2.75, 3.05) is 6.54 Å². The van der Waals surface area contributed by atoms with Crippen molar-refractivity contribution in [1.29, 1.82) is 0 Å². The summed E-state index contributed by atoms with van der Waals surface area (Å²) in [5.74, 6) is 0.534. The second-order valence-electron chi connectivity index (χ2n) is 3.15. The Hall–Kier alpha value is -1.11. The normalized spacial score (nSPS) is 27.3. The molecule has 0 spiro atoms. The van der Waals surface area contributed by atoms with Gasteiger partial charge in [-0.3, -0.25) is 4.99 Å². The lowest BCUT2D eigenvalue weighted by Gasteiger charge is -2.15. The third kappa shape index (κ3) is 1.55. The Morgan fingerprint density at radius 2 is 2.25 bits per heavy atom. The Balaban J connectivity index is 2.09. The molecular weight excluding hydrogens is 146 g/mol. The molecule has 0 saturated carbocycles. The summed E-state index contributed by atoms with van der Waals surface area (Å²) in [6.45, 7) is 0.972. The predicted octanol–water partition coefficient (Wildman–Crippen LogP) is 2.52. The molecule has 0 aromatic rings. The number of aliphatic imine (C=N–C) groups is 1. The van der Waals surface area contributed by atoms with Crippen LogP contribution in [0.15, 0.2) is 41.4 Å². The summed E-state index contributed by atoms with van der Waals surface area (Å²) in [5.41, 5.74) is 1.25. The molecule has 0 N–H and O–H groups in total. The lowest BCUT2D eigenvalue weighted by molar-refractivity contribution is 0.848. The van der Waals surface area contributed by atoms with E-state index in [1.165, 1.54) is 5.71 Å². The molecule has 1 aliphatic heterocycles. The number of rotatable bonds is 1. The molecule has 0 fully saturated rings. The van der Waals surface area contributed by atoms with Gasteiger partial charge in [0.15, 0.2) is 0 Å². The Labute approximate surface area is 73.2 Å². The van der Waals surface area contributed by atoms with Gasteiger partial charge in [-0.25, -0.2) is 0 Å². The number of hydrogen-bond donors (Lipinski definition) is 0. The molecule has 1 unspecified atom stereocenters. The Morgan fingerprint density at radius 1 is 1.25 bits per heavy atom. The maximum absolute atomic E-state index is 4.50. The fraction of sp³-hybridized carbons (Fsp3) is 0.364. The second-order valence-corrected chi connectivity index (χ2v) is 3.15. The van der Waals surface area contributed by atoms with E-state index in [-0.39, 0.29) is 0 Å². The minimum absolute atomic E-state index is 0.534. The van der Waals surface area contributed by atoms with Crippen LogP contribution in [0.25, 0.3) is 0 Å². The van der Waals surface area contributed by atoms with Crippen LogP contribution in [0, 0.1) is 5.92 Å². The van der Waals surface area contributed by atoms with Crippen molar-refractivity contribution in [2.24, 2.45) is 10.9 Å². The van der Waals surface area contributed by atoms with Crippen molar-refractivity contribution >= 4 is 5.71 Å². The van der Waals surface area contributed by atoms with E-state index in [1.807, 2.05) is 0 Å². The first kappa shape index (κ1) is 7.53. The molecular formula is C11H13N. The molecule has 0 aromatic carbocycles. The molecule has 0 amide bonds. The zero-order valence-electron chi connectivity index (χ0n) is 7.11. The van der Waals surface area contributed by atoms with Gasteiger partial charge in [0.2, 0.25) is 0 Å². The minimum atomic E-state index is 0.534. The van der Waals surface area contributed by atoms with Gasteiger partial charge in [-0.1, -0.05) is 30.4 Å². The van der Waals surface area contributed by atoms with E-state index in [2.05, 4.69) is 41.4 Å². The second kappa shape index (κ2) is 3.53. The van der Waals surface area contributed by atoms with Gasteiger partial charge in [0.1, 0.15) is 0 Å². The molecule has 12 heavy (non-hydrogen) atoms. The average Bonchev–Trinajstić information content (AvgIpc) is 2.21. The van der Waals surface area contributed by atoms with E-state index in [1.54, 1.807) is 0 Å². The van der Waals surface area contributed by atoms with E-state index < -0.39 is 0 Å². The quantitative estimate of drug-likeness (QED) is 0.557. The SMILES string of the molecule is C1=CCC(C2=NCCC=C2)C=C1. The molecule has 1 heterocycles. The highest BCUT2D eigenvalue weighted by molar-refractivity contribution is 5.98. The summed E-state index contributed by atoms with van der Waals surface area (Å²) in [6, 6.07) is 0.